The largest absolute Gasteiger partial charge is 0.496 e. The fourth-order valence-corrected chi connectivity index (χ4v) is 1.91. The Balaban J connectivity index is 1.90. The third-order valence-corrected chi connectivity index (χ3v) is 3.08. The number of nitrogens with one attached hydrogen (secondary N) is 2. The van der Waals surface area contributed by atoms with Crippen LogP contribution in [0.5, 0.6) is 5.75 Å². The van der Waals surface area contributed by atoms with E-state index in [2.05, 4.69) is 21.1 Å². The van der Waals surface area contributed by atoms with Gasteiger partial charge in [-0.2, -0.15) is 10.2 Å². The maximum Gasteiger partial charge on any atom is 0.249 e. The lowest BCUT2D eigenvalue weighted by molar-refractivity contribution is -0.127. The maximum atomic E-state index is 11.7. The number of ether oxygens (including phenoxy) is 1. The zero-order valence-corrected chi connectivity index (χ0v) is 11.8. The van der Waals surface area contributed by atoms with Crippen LogP contribution in [0.1, 0.15) is 18.9 Å². The molecule has 0 saturated carbocycles. The van der Waals surface area contributed by atoms with Gasteiger partial charge in [-0.15, -0.1) is 0 Å². The van der Waals surface area contributed by atoms with E-state index in [1.54, 1.807) is 20.1 Å². The molecule has 0 saturated heterocycles. The predicted octanol–water partition coefficient (Wildman–Crippen LogP) is 0.657. The number of hydrogen-bond acceptors (Lipinski definition) is 5. The van der Waals surface area contributed by atoms with Crippen LogP contribution in [-0.4, -0.2) is 30.9 Å². The van der Waals surface area contributed by atoms with Crippen molar-refractivity contribution in [2.45, 2.75) is 13.3 Å². The number of rotatable bonds is 5. The molecule has 1 atom stereocenters. The number of para-hydroxylation sites is 1. The topological polar surface area (TPSA) is 92.1 Å². The number of methoxy groups -OCH3 is 1. The lowest BCUT2D eigenvalue weighted by atomic mass is 10.0. The molecule has 2 N–H and O–H groups in total. The normalized spacial score (nSPS) is 17.5. The number of nitrogens with zero attached hydrogens (tertiary/aromatic N) is 2. The number of carbonyl (C=O) groups excluding carboxylic acids is 2. The average molecular weight is 288 g/mol. The first kappa shape index (κ1) is 14.7. The van der Waals surface area contributed by atoms with Crippen molar-refractivity contribution >= 4 is 23.7 Å². The van der Waals surface area contributed by atoms with Crippen molar-refractivity contribution in [2.24, 2.45) is 16.1 Å². The minimum absolute atomic E-state index is 0.0183. The van der Waals surface area contributed by atoms with E-state index < -0.39 is 5.92 Å². The minimum Gasteiger partial charge on any atom is -0.496 e. The predicted molar refractivity (Wildman–Crippen MR) is 78.1 cm³/mol. The van der Waals surface area contributed by atoms with Gasteiger partial charge in [0.25, 0.3) is 0 Å². The molecule has 2 rings (SSSR count). The number of hydrogen-bond donors (Lipinski definition) is 2. The Kier molecular flexibility index (Phi) is 4.65. The zero-order valence-electron chi connectivity index (χ0n) is 11.8. The molecule has 7 heteroatoms. The molecule has 0 bridgehead atoms. The summed E-state index contributed by atoms with van der Waals surface area (Å²) >= 11 is 0. The fourth-order valence-electron chi connectivity index (χ4n) is 1.91. The molecule has 1 aromatic carbocycles. The van der Waals surface area contributed by atoms with Gasteiger partial charge in [0.05, 0.1) is 19.2 Å². The maximum absolute atomic E-state index is 11.7. The van der Waals surface area contributed by atoms with Crippen molar-refractivity contribution in [1.29, 1.82) is 0 Å². The highest BCUT2D eigenvalue weighted by Crippen LogP contribution is 2.14. The van der Waals surface area contributed by atoms with Crippen LogP contribution in [-0.2, 0) is 9.59 Å². The SMILES string of the molecule is COc1ccccc1/C=N\NC(=O)C[C@H]1C(=O)NN=C1C. The molecule has 0 radical (unpaired) electrons. The standard InChI is InChI=1S/C14H16N4O3/c1-9-11(14(20)18-16-9)7-13(19)17-15-8-10-5-3-4-6-12(10)21-2/h3-6,8,11H,7H2,1-2H3,(H,17,19)(H,18,20)/b15-8-/t11-/m1/s1. The van der Waals surface area contributed by atoms with Gasteiger partial charge in [-0.1, -0.05) is 12.1 Å². The van der Waals surface area contributed by atoms with Crippen LogP contribution in [0.3, 0.4) is 0 Å². The van der Waals surface area contributed by atoms with Crippen LogP contribution in [0.25, 0.3) is 0 Å². The van der Waals surface area contributed by atoms with Crippen LogP contribution in [0.15, 0.2) is 34.5 Å². The number of hydrazone groups is 2. The molecule has 1 aliphatic rings. The Morgan fingerprint density at radius 3 is 2.95 bits per heavy atom. The van der Waals surface area contributed by atoms with Crippen molar-refractivity contribution < 1.29 is 14.3 Å². The van der Waals surface area contributed by atoms with Crippen LogP contribution in [0, 0.1) is 5.92 Å². The second kappa shape index (κ2) is 6.65. The van der Waals surface area contributed by atoms with Crippen LogP contribution >= 0.6 is 0 Å². The van der Waals surface area contributed by atoms with E-state index in [0.717, 1.165) is 5.56 Å². The number of carbonyl (C=O) groups is 2. The van der Waals surface area contributed by atoms with Crippen molar-refractivity contribution in [3.63, 3.8) is 0 Å². The molecule has 0 aromatic heterocycles. The molecule has 21 heavy (non-hydrogen) atoms. The summed E-state index contributed by atoms with van der Waals surface area (Å²) in [6.45, 7) is 1.70. The number of benzene rings is 1. The van der Waals surface area contributed by atoms with Crippen LogP contribution in [0.4, 0.5) is 0 Å². The van der Waals surface area contributed by atoms with Gasteiger partial charge in [0.1, 0.15) is 5.75 Å². The van der Waals surface area contributed by atoms with Crippen molar-refractivity contribution in [3.8, 4) is 5.75 Å². The summed E-state index contributed by atoms with van der Waals surface area (Å²) in [5.41, 5.74) is 6.07. The first-order valence-electron chi connectivity index (χ1n) is 6.40. The molecule has 0 aliphatic carbocycles. The monoisotopic (exact) mass is 288 g/mol. The third-order valence-electron chi connectivity index (χ3n) is 3.08. The molecule has 0 fully saturated rings. The van der Waals surface area contributed by atoms with E-state index >= 15 is 0 Å². The Labute approximate surface area is 122 Å². The van der Waals surface area contributed by atoms with Gasteiger partial charge >= 0.3 is 0 Å². The molecular formula is C14H16N4O3. The average Bonchev–Trinajstić information content (AvgIpc) is 2.79. The summed E-state index contributed by atoms with van der Waals surface area (Å²) in [6.07, 6.45) is 1.51. The van der Waals surface area contributed by atoms with Gasteiger partial charge in [0.2, 0.25) is 11.8 Å². The Morgan fingerprint density at radius 2 is 2.29 bits per heavy atom. The molecule has 2 amide bonds. The highest BCUT2D eigenvalue weighted by molar-refractivity contribution is 6.09. The van der Waals surface area contributed by atoms with Crippen LogP contribution < -0.4 is 15.6 Å². The third kappa shape index (κ3) is 3.65. The fraction of sp³-hybridized carbons (Fsp3) is 0.286. The molecule has 0 unspecified atom stereocenters. The van der Waals surface area contributed by atoms with Crippen molar-refractivity contribution in [3.05, 3.63) is 29.8 Å². The van der Waals surface area contributed by atoms with Gasteiger partial charge in [0.15, 0.2) is 0 Å². The van der Waals surface area contributed by atoms with Crippen molar-refractivity contribution in [1.82, 2.24) is 10.9 Å². The Hall–Kier alpha value is -2.70. The molecular weight excluding hydrogens is 272 g/mol. The zero-order chi connectivity index (χ0) is 15.2. The van der Waals surface area contributed by atoms with E-state index in [0.29, 0.717) is 11.5 Å². The lowest BCUT2D eigenvalue weighted by Gasteiger charge is -2.06. The van der Waals surface area contributed by atoms with Crippen LogP contribution in [0.2, 0.25) is 0 Å². The van der Waals surface area contributed by atoms with Crippen molar-refractivity contribution in [2.75, 3.05) is 7.11 Å². The molecule has 0 spiro atoms. The summed E-state index contributed by atoms with van der Waals surface area (Å²) in [5, 5.41) is 7.65. The second-order valence-electron chi connectivity index (χ2n) is 4.52. The van der Waals surface area contributed by atoms with Gasteiger partial charge in [0, 0.05) is 17.7 Å². The second-order valence-corrected chi connectivity index (χ2v) is 4.52. The highest BCUT2D eigenvalue weighted by atomic mass is 16.5. The summed E-state index contributed by atoms with van der Waals surface area (Å²) in [5.74, 6) is -0.478. The first-order chi connectivity index (χ1) is 10.1. The number of amides is 2. The lowest BCUT2D eigenvalue weighted by Crippen LogP contribution is -2.29. The molecule has 7 nitrogen and oxygen atoms in total. The first-order valence-corrected chi connectivity index (χ1v) is 6.40. The van der Waals surface area contributed by atoms with Gasteiger partial charge in [-0.05, 0) is 19.1 Å². The summed E-state index contributed by atoms with van der Waals surface area (Å²) in [7, 11) is 1.56. The van der Waals surface area contributed by atoms with E-state index in [1.165, 1.54) is 6.21 Å². The highest BCUT2D eigenvalue weighted by Gasteiger charge is 2.28. The van der Waals surface area contributed by atoms with E-state index in [1.807, 2.05) is 18.2 Å². The molecule has 110 valence electrons. The van der Waals surface area contributed by atoms with Gasteiger partial charge in [-0.3, -0.25) is 9.59 Å². The Bertz CT molecular complexity index is 610. The van der Waals surface area contributed by atoms with E-state index in [-0.39, 0.29) is 18.2 Å². The summed E-state index contributed by atoms with van der Waals surface area (Å²) in [6, 6.07) is 7.30. The molecule has 1 heterocycles. The summed E-state index contributed by atoms with van der Waals surface area (Å²) < 4.78 is 5.17. The van der Waals surface area contributed by atoms with E-state index in [4.69, 9.17) is 4.74 Å². The summed E-state index contributed by atoms with van der Waals surface area (Å²) in [4.78, 5) is 23.2. The molecule has 1 aromatic rings. The Morgan fingerprint density at radius 1 is 1.52 bits per heavy atom. The van der Waals surface area contributed by atoms with Gasteiger partial charge in [-0.25, -0.2) is 10.9 Å². The van der Waals surface area contributed by atoms with E-state index in [9.17, 15) is 9.59 Å². The molecule has 1 aliphatic heterocycles. The smallest absolute Gasteiger partial charge is 0.249 e. The van der Waals surface area contributed by atoms with Gasteiger partial charge < -0.3 is 4.74 Å². The minimum atomic E-state index is -0.522. The quantitative estimate of drug-likeness (QED) is 0.615.